The molecule has 4 rings (SSSR count). The number of urea groups is 1. The van der Waals surface area contributed by atoms with Crippen LogP contribution in [0.5, 0.6) is 11.5 Å². The zero-order valence-electron chi connectivity index (χ0n) is 23.2. The Morgan fingerprint density at radius 1 is 1.20 bits per heavy atom. The van der Waals surface area contributed by atoms with E-state index in [2.05, 4.69) is 10.6 Å². The lowest BCUT2D eigenvalue weighted by atomic mass is 9.99. The third-order valence-electron chi connectivity index (χ3n) is 6.88. The molecule has 220 valence electrons. The number of aliphatic hydroxyl groups excluding tert-OH is 1. The van der Waals surface area contributed by atoms with E-state index in [1.165, 1.54) is 11.4 Å². The summed E-state index contributed by atoms with van der Waals surface area (Å²) in [6.45, 7) is 3.56. The molecule has 2 aromatic carbocycles. The van der Waals surface area contributed by atoms with Gasteiger partial charge in [-0.05, 0) is 54.8 Å². The number of carbonyl (C=O) groups is 2. The Morgan fingerprint density at radius 3 is 2.56 bits per heavy atom. The van der Waals surface area contributed by atoms with Crippen molar-refractivity contribution in [2.24, 2.45) is 5.92 Å². The molecule has 11 nitrogen and oxygen atoms in total. The number of para-hydroxylation sites is 1. The number of fused-ring (bicyclic) bond motifs is 1. The molecule has 41 heavy (non-hydrogen) atoms. The van der Waals surface area contributed by atoms with Crippen LogP contribution >= 0.6 is 11.3 Å². The standard InChI is InChI=1S/C28H34N4O7S2/c1-18-15-32(19(2)17-33)27(34)22-7-5-8-23(30-28(35)29-20-10-12-21(38-4)13-11-20)26(22)39-24(18)16-31(3)41(36,37)25-9-6-14-40-25/h5-14,18-19,24,33H,15-17H2,1-4H3,(H2,29,30,35)/t18-,19+,24+/m0/s1. The number of methoxy groups -OCH3 is 1. The number of sulfonamides is 1. The van der Waals surface area contributed by atoms with E-state index in [0.29, 0.717) is 11.4 Å². The molecule has 0 radical (unpaired) electrons. The summed E-state index contributed by atoms with van der Waals surface area (Å²) in [6.07, 6.45) is -0.692. The minimum absolute atomic E-state index is 0.0112. The van der Waals surface area contributed by atoms with Gasteiger partial charge in [-0.25, -0.2) is 13.2 Å². The molecule has 3 aromatic rings. The van der Waals surface area contributed by atoms with Gasteiger partial charge in [0.15, 0.2) is 5.75 Å². The maximum Gasteiger partial charge on any atom is 0.323 e. The van der Waals surface area contributed by atoms with Gasteiger partial charge in [-0.1, -0.05) is 19.1 Å². The van der Waals surface area contributed by atoms with E-state index < -0.39 is 28.2 Å². The average molecular weight is 603 g/mol. The summed E-state index contributed by atoms with van der Waals surface area (Å²) < 4.78 is 39.4. The second-order valence-electron chi connectivity index (χ2n) is 9.83. The van der Waals surface area contributed by atoms with Gasteiger partial charge in [0.2, 0.25) is 0 Å². The van der Waals surface area contributed by atoms with Crippen molar-refractivity contribution in [1.82, 2.24) is 9.21 Å². The number of rotatable bonds is 9. The molecule has 0 aliphatic carbocycles. The second-order valence-corrected chi connectivity index (χ2v) is 13.0. The van der Waals surface area contributed by atoms with Gasteiger partial charge < -0.3 is 30.1 Å². The molecule has 3 atom stereocenters. The quantitative estimate of drug-likeness (QED) is 0.337. The predicted molar refractivity (Wildman–Crippen MR) is 157 cm³/mol. The van der Waals surface area contributed by atoms with Gasteiger partial charge in [-0.2, -0.15) is 4.31 Å². The molecule has 0 spiro atoms. The van der Waals surface area contributed by atoms with Crippen LogP contribution in [-0.2, 0) is 10.0 Å². The van der Waals surface area contributed by atoms with E-state index in [1.807, 2.05) is 6.92 Å². The highest BCUT2D eigenvalue weighted by Crippen LogP contribution is 2.35. The molecule has 1 aromatic heterocycles. The van der Waals surface area contributed by atoms with Crippen LogP contribution in [0.15, 0.2) is 64.2 Å². The number of ether oxygens (including phenoxy) is 2. The van der Waals surface area contributed by atoms with E-state index in [1.54, 1.807) is 78.9 Å². The minimum atomic E-state index is -3.77. The number of amides is 3. The van der Waals surface area contributed by atoms with Crippen LogP contribution in [0.25, 0.3) is 0 Å². The maximum atomic E-state index is 13.7. The van der Waals surface area contributed by atoms with Crippen molar-refractivity contribution in [3.63, 3.8) is 0 Å². The number of nitrogens with one attached hydrogen (secondary N) is 2. The van der Waals surface area contributed by atoms with Crippen molar-refractivity contribution in [2.45, 2.75) is 30.2 Å². The summed E-state index contributed by atoms with van der Waals surface area (Å²) in [5.41, 5.74) is 0.948. The first-order chi connectivity index (χ1) is 19.5. The van der Waals surface area contributed by atoms with Gasteiger partial charge in [-0.3, -0.25) is 4.79 Å². The van der Waals surface area contributed by atoms with E-state index in [-0.39, 0.29) is 52.7 Å². The van der Waals surface area contributed by atoms with E-state index in [9.17, 15) is 23.1 Å². The molecule has 0 bridgehead atoms. The summed E-state index contributed by atoms with van der Waals surface area (Å²) in [6, 6.07) is 13.7. The molecular weight excluding hydrogens is 568 g/mol. The Kier molecular flexibility index (Phi) is 9.53. The number of likely N-dealkylation sites (N-methyl/N-ethyl adjacent to an activating group) is 1. The normalized spacial score (nSPS) is 18.1. The van der Waals surface area contributed by atoms with E-state index >= 15 is 0 Å². The van der Waals surface area contributed by atoms with Crippen molar-refractivity contribution in [3.8, 4) is 11.5 Å². The molecule has 13 heteroatoms. The third-order valence-corrected chi connectivity index (χ3v) is 10.1. The van der Waals surface area contributed by atoms with Crippen molar-refractivity contribution >= 4 is 44.7 Å². The Labute approximate surface area is 243 Å². The van der Waals surface area contributed by atoms with Crippen molar-refractivity contribution in [1.29, 1.82) is 0 Å². The lowest BCUT2D eigenvalue weighted by molar-refractivity contribution is 0.0389. The van der Waals surface area contributed by atoms with Gasteiger partial charge in [0.25, 0.3) is 15.9 Å². The molecule has 2 heterocycles. The van der Waals surface area contributed by atoms with Gasteiger partial charge in [-0.15, -0.1) is 11.3 Å². The first kappa shape index (κ1) is 30.3. The first-order valence-corrected chi connectivity index (χ1v) is 15.3. The Bertz CT molecular complexity index is 1460. The Balaban J connectivity index is 1.66. The van der Waals surface area contributed by atoms with Gasteiger partial charge >= 0.3 is 6.03 Å². The maximum absolute atomic E-state index is 13.7. The molecule has 0 saturated carbocycles. The van der Waals surface area contributed by atoms with E-state index in [0.717, 1.165) is 11.3 Å². The van der Waals surface area contributed by atoms with E-state index in [4.69, 9.17) is 9.47 Å². The van der Waals surface area contributed by atoms with Crippen LogP contribution in [-0.4, -0.2) is 80.7 Å². The van der Waals surface area contributed by atoms with Crippen LogP contribution in [0.1, 0.15) is 24.2 Å². The second kappa shape index (κ2) is 12.9. The number of anilines is 2. The number of hydrogen-bond acceptors (Lipinski definition) is 8. The molecular formula is C28H34N4O7S2. The summed E-state index contributed by atoms with van der Waals surface area (Å²) in [4.78, 5) is 28.1. The van der Waals surface area contributed by atoms with Crippen LogP contribution in [0.4, 0.5) is 16.2 Å². The van der Waals surface area contributed by atoms with Crippen molar-refractivity contribution in [2.75, 3.05) is 44.5 Å². The molecule has 0 fully saturated rings. The number of aliphatic hydroxyl groups is 1. The zero-order valence-corrected chi connectivity index (χ0v) is 24.9. The predicted octanol–water partition coefficient (Wildman–Crippen LogP) is 3.94. The average Bonchev–Trinajstić information content (AvgIpc) is 3.51. The highest BCUT2D eigenvalue weighted by molar-refractivity contribution is 7.91. The van der Waals surface area contributed by atoms with Crippen LogP contribution in [0.3, 0.4) is 0 Å². The fourth-order valence-electron chi connectivity index (χ4n) is 4.43. The third kappa shape index (κ3) is 6.81. The monoisotopic (exact) mass is 602 g/mol. The van der Waals surface area contributed by atoms with Crippen molar-refractivity contribution < 1.29 is 32.6 Å². The SMILES string of the molecule is COc1ccc(NC(=O)Nc2cccc3c2O[C@H](CN(C)S(=O)(=O)c2cccs2)[C@@H](C)CN([C@H](C)CO)C3=O)cc1. The number of hydrogen-bond donors (Lipinski definition) is 3. The first-order valence-electron chi connectivity index (χ1n) is 13.0. The van der Waals surface area contributed by atoms with Gasteiger partial charge in [0, 0.05) is 25.2 Å². The molecule has 1 aliphatic rings. The van der Waals surface area contributed by atoms with Crippen LogP contribution in [0, 0.1) is 5.92 Å². The van der Waals surface area contributed by atoms with Gasteiger partial charge in [0.1, 0.15) is 16.1 Å². The lowest BCUT2D eigenvalue weighted by Gasteiger charge is -2.38. The highest BCUT2D eigenvalue weighted by atomic mass is 32.2. The number of carbonyl (C=O) groups excluding carboxylic acids is 2. The largest absolute Gasteiger partial charge is 0.497 e. The summed E-state index contributed by atoms with van der Waals surface area (Å²) >= 11 is 1.12. The van der Waals surface area contributed by atoms with Crippen LogP contribution < -0.4 is 20.1 Å². The Morgan fingerprint density at radius 2 is 1.93 bits per heavy atom. The summed E-state index contributed by atoms with van der Waals surface area (Å²) in [5, 5.41) is 17.1. The number of benzene rings is 2. The van der Waals surface area contributed by atoms with Crippen LogP contribution in [0.2, 0.25) is 0 Å². The molecule has 1 aliphatic heterocycles. The topological polar surface area (TPSA) is 138 Å². The molecule has 0 unspecified atom stereocenters. The number of nitrogens with zero attached hydrogens (tertiary/aromatic N) is 2. The Hall–Kier alpha value is -3.65. The zero-order chi connectivity index (χ0) is 29.7. The fraction of sp³-hybridized carbons (Fsp3) is 0.357. The fourth-order valence-corrected chi connectivity index (χ4v) is 6.82. The molecule has 0 saturated heterocycles. The smallest absolute Gasteiger partial charge is 0.323 e. The lowest BCUT2D eigenvalue weighted by Crippen LogP contribution is -2.50. The van der Waals surface area contributed by atoms with Gasteiger partial charge in [0.05, 0.1) is 37.6 Å². The molecule has 3 N–H and O–H groups in total. The molecule has 3 amide bonds. The number of thiophene rings is 1. The van der Waals surface area contributed by atoms with Crippen molar-refractivity contribution in [3.05, 3.63) is 65.5 Å². The highest BCUT2D eigenvalue weighted by Gasteiger charge is 2.36. The summed E-state index contributed by atoms with van der Waals surface area (Å²) in [7, 11) is -0.738. The summed E-state index contributed by atoms with van der Waals surface area (Å²) in [5.74, 6) is 0.0603. The minimum Gasteiger partial charge on any atom is -0.497 e.